The molecule has 3 nitrogen and oxygen atoms in total. The van der Waals surface area contributed by atoms with E-state index in [2.05, 4.69) is 4.98 Å². The van der Waals surface area contributed by atoms with Crippen LogP contribution in [0, 0.1) is 11.7 Å². The van der Waals surface area contributed by atoms with Crippen molar-refractivity contribution >= 4 is 23.1 Å². The highest BCUT2D eigenvalue weighted by Gasteiger charge is 2.05. The van der Waals surface area contributed by atoms with Crippen molar-refractivity contribution in [3.63, 3.8) is 0 Å². The minimum Gasteiger partial charge on any atom is -0.486 e. The van der Waals surface area contributed by atoms with E-state index in [-0.39, 0.29) is 12.4 Å². The van der Waals surface area contributed by atoms with Gasteiger partial charge in [-0.2, -0.15) is 11.8 Å². The van der Waals surface area contributed by atoms with Gasteiger partial charge in [0.1, 0.15) is 23.2 Å². The molecule has 0 saturated heterocycles. The molecular weight excluding hydrogens is 309 g/mol. The maximum atomic E-state index is 12.8. The zero-order valence-electron chi connectivity index (χ0n) is 11.8. The highest BCUT2D eigenvalue weighted by Crippen LogP contribution is 2.19. The Morgan fingerprint density at radius 3 is 2.86 bits per heavy atom. The van der Waals surface area contributed by atoms with Gasteiger partial charge >= 0.3 is 0 Å². The summed E-state index contributed by atoms with van der Waals surface area (Å²) in [4.78, 5) is 4.50. The molecule has 0 fully saturated rings. The van der Waals surface area contributed by atoms with E-state index in [0.29, 0.717) is 18.3 Å². The van der Waals surface area contributed by atoms with Crippen LogP contribution in [0.2, 0.25) is 0 Å². The molecule has 1 heterocycles. The summed E-state index contributed by atoms with van der Waals surface area (Å²) in [7, 11) is 0. The van der Waals surface area contributed by atoms with E-state index in [1.165, 1.54) is 12.1 Å². The molecule has 1 N–H and O–H groups in total. The molecule has 0 saturated carbocycles. The number of halogens is 1. The molecule has 6 heteroatoms. The third-order valence-electron chi connectivity index (χ3n) is 2.74. The van der Waals surface area contributed by atoms with Crippen LogP contribution in [0.3, 0.4) is 0 Å². The minimum absolute atomic E-state index is 0.223. The van der Waals surface area contributed by atoms with Crippen molar-refractivity contribution in [1.82, 2.24) is 4.98 Å². The Hall–Kier alpha value is -1.11. The molecule has 0 spiro atoms. The number of thiazole rings is 1. The monoisotopic (exact) mass is 327 g/mol. The van der Waals surface area contributed by atoms with Crippen molar-refractivity contribution in [2.75, 3.05) is 12.4 Å². The van der Waals surface area contributed by atoms with Crippen molar-refractivity contribution in [2.24, 2.45) is 5.92 Å². The van der Waals surface area contributed by atoms with E-state index in [4.69, 9.17) is 9.84 Å². The van der Waals surface area contributed by atoms with E-state index < -0.39 is 0 Å². The molecule has 1 aromatic heterocycles. The van der Waals surface area contributed by atoms with Gasteiger partial charge in [0.25, 0.3) is 0 Å². The number of rotatable bonds is 8. The van der Waals surface area contributed by atoms with Gasteiger partial charge in [-0.25, -0.2) is 9.37 Å². The van der Waals surface area contributed by atoms with Crippen molar-refractivity contribution in [1.29, 1.82) is 0 Å². The second-order valence-electron chi connectivity index (χ2n) is 4.78. The molecule has 2 rings (SSSR count). The Balaban J connectivity index is 1.76. The number of aliphatic hydroxyl groups excluding tert-OH is 1. The summed E-state index contributed by atoms with van der Waals surface area (Å²) in [6.45, 7) is 2.64. The first kappa shape index (κ1) is 16.3. The van der Waals surface area contributed by atoms with Crippen LogP contribution in [0.15, 0.2) is 29.6 Å². The lowest BCUT2D eigenvalue weighted by Crippen LogP contribution is -2.03. The van der Waals surface area contributed by atoms with Gasteiger partial charge in [-0.3, -0.25) is 0 Å². The lowest BCUT2D eigenvalue weighted by molar-refractivity contribution is 0.250. The van der Waals surface area contributed by atoms with E-state index >= 15 is 0 Å². The molecule has 0 bridgehead atoms. The Morgan fingerprint density at radius 1 is 1.38 bits per heavy atom. The van der Waals surface area contributed by atoms with Crippen LogP contribution in [0.5, 0.6) is 5.75 Å². The third kappa shape index (κ3) is 5.65. The Morgan fingerprint density at radius 2 is 2.14 bits per heavy atom. The number of aliphatic hydroxyl groups is 1. The molecule has 0 aliphatic carbocycles. The first-order valence-electron chi connectivity index (χ1n) is 6.67. The second-order valence-corrected chi connectivity index (χ2v) is 6.75. The van der Waals surface area contributed by atoms with Crippen molar-refractivity contribution < 1.29 is 14.2 Å². The Bertz CT molecular complexity index is 545. The predicted molar refractivity (Wildman–Crippen MR) is 85.3 cm³/mol. The van der Waals surface area contributed by atoms with E-state index in [9.17, 15) is 4.39 Å². The van der Waals surface area contributed by atoms with Crippen LogP contribution >= 0.6 is 23.1 Å². The van der Waals surface area contributed by atoms with Gasteiger partial charge < -0.3 is 9.84 Å². The maximum absolute atomic E-state index is 12.8. The largest absolute Gasteiger partial charge is 0.486 e. The molecule has 21 heavy (non-hydrogen) atoms. The van der Waals surface area contributed by atoms with Crippen LogP contribution in [0.1, 0.15) is 17.6 Å². The lowest BCUT2D eigenvalue weighted by Gasteiger charge is -2.05. The summed E-state index contributed by atoms with van der Waals surface area (Å²) in [6, 6.07) is 5.97. The molecule has 1 unspecified atom stereocenters. The number of nitrogens with zero attached hydrogens (tertiary/aromatic N) is 1. The van der Waals surface area contributed by atoms with Gasteiger partial charge in [-0.15, -0.1) is 11.3 Å². The molecule has 0 radical (unpaired) electrons. The smallest absolute Gasteiger partial charge is 0.140 e. The molecule has 1 aromatic carbocycles. The maximum Gasteiger partial charge on any atom is 0.140 e. The summed E-state index contributed by atoms with van der Waals surface area (Å²) in [5.41, 5.74) is 1.04. The first-order valence-corrected chi connectivity index (χ1v) is 8.71. The number of benzene rings is 1. The Kier molecular flexibility index (Phi) is 6.48. The Labute approximate surface area is 132 Å². The third-order valence-corrected chi connectivity index (χ3v) is 4.92. The fourth-order valence-corrected chi connectivity index (χ4v) is 3.37. The standard InChI is InChI=1S/C15H18FNO2S2/c1-11(6-18)8-20-9-13-10-21-15(17-13)7-19-14-4-2-12(16)3-5-14/h2-5,10-11,18H,6-9H2,1H3. The molecule has 2 aromatic rings. The van der Waals surface area contributed by atoms with Crippen LogP contribution < -0.4 is 4.74 Å². The minimum atomic E-state index is -0.270. The molecule has 0 amide bonds. The number of thioether (sulfide) groups is 1. The SMILES string of the molecule is CC(CO)CSCc1csc(COc2ccc(F)cc2)n1. The quantitative estimate of drug-likeness (QED) is 0.802. The second kappa shape index (κ2) is 8.36. The van der Waals surface area contributed by atoms with E-state index in [1.54, 1.807) is 35.2 Å². The van der Waals surface area contributed by atoms with Gasteiger partial charge in [-0.1, -0.05) is 6.92 Å². The van der Waals surface area contributed by atoms with Crippen molar-refractivity contribution in [2.45, 2.75) is 19.3 Å². The fraction of sp³-hybridized carbons (Fsp3) is 0.400. The first-order chi connectivity index (χ1) is 10.2. The van der Waals surface area contributed by atoms with Crippen molar-refractivity contribution in [3.05, 3.63) is 46.2 Å². The van der Waals surface area contributed by atoms with Gasteiger partial charge in [0.15, 0.2) is 0 Å². The number of ether oxygens (including phenoxy) is 1. The summed E-state index contributed by atoms with van der Waals surface area (Å²) >= 11 is 3.33. The topological polar surface area (TPSA) is 42.4 Å². The molecule has 114 valence electrons. The van der Waals surface area contributed by atoms with Gasteiger partial charge in [0, 0.05) is 17.7 Å². The summed E-state index contributed by atoms with van der Waals surface area (Å²) in [5.74, 6) is 2.45. The summed E-state index contributed by atoms with van der Waals surface area (Å²) in [5, 5.41) is 11.9. The van der Waals surface area contributed by atoms with Crippen molar-refractivity contribution in [3.8, 4) is 5.75 Å². The number of hydrogen-bond donors (Lipinski definition) is 1. The normalized spacial score (nSPS) is 12.3. The van der Waals surface area contributed by atoms with Crippen LogP contribution in [0.25, 0.3) is 0 Å². The highest BCUT2D eigenvalue weighted by atomic mass is 32.2. The molecular formula is C15H18FNO2S2. The highest BCUT2D eigenvalue weighted by molar-refractivity contribution is 7.98. The summed E-state index contributed by atoms with van der Waals surface area (Å²) < 4.78 is 18.3. The zero-order valence-corrected chi connectivity index (χ0v) is 13.4. The average molecular weight is 327 g/mol. The van der Waals surface area contributed by atoms with E-state index in [1.807, 2.05) is 12.3 Å². The van der Waals surface area contributed by atoms with Crippen LogP contribution in [0.4, 0.5) is 4.39 Å². The predicted octanol–water partition coefficient (Wildman–Crippen LogP) is 3.72. The number of aromatic nitrogens is 1. The van der Waals surface area contributed by atoms with E-state index in [0.717, 1.165) is 22.2 Å². The molecule has 0 aliphatic rings. The summed E-state index contributed by atoms with van der Waals surface area (Å²) in [6.07, 6.45) is 0. The lowest BCUT2D eigenvalue weighted by atomic mass is 10.2. The van der Waals surface area contributed by atoms with Gasteiger partial charge in [-0.05, 0) is 35.9 Å². The van der Waals surface area contributed by atoms with Crippen LogP contribution in [-0.2, 0) is 12.4 Å². The average Bonchev–Trinajstić information content (AvgIpc) is 2.94. The van der Waals surface area contributed by atoms with Crippen LogP contribution in [-0.4, -0.2) is 22.5 Å². The number of hydrogen-bond acceptors (Lipinski definition) is 5. The van der Waals surface area contributed by atoms with Gasteiger partial charge in [0.2, 0.25) is 0 Å². The molecule has 1 atom stereocenters. The fourth-order valence-electron chi connectivity index (χ4n) is 1.57. The van der Waals surface area contributed by atoms with Gasteiger partial charge in [0.05, 0.1) is 5.69 Å². The zero-order chi connectivity index (χ0) is 15.1. The molecule has 0 aliphatic heterocycles.